The Labute approximate surface area is 233 Å². The molecule has 3 atom stereocenters. The van der Waals surface area contributed by atoms with Gasteiger partial charge in [0.05, 0.1) is 22.7 Å². The highest BCUT2D eigenvalue weighted by atomic mass is 32.2. The number of fused-ring (bicyclic) bond motifs is 1. The monoisotopic (exact) mass is 597 g/mol. The number of carbonyl (C=O) groups is 3. The summed E-state index contributed by atoms with van der Waals surface area (Å²) < 4.78 is 6.04. The van der Waals surface area contributed by atoms with Gasteiger partial charge in [0.2, 0.25) is 6.04 Å². The van der Waals surface area contributed by atoms with Crippen LogP contribution in [0.15, 0.2) is 38.2 Å². The van der Waals surface area contributed by atoms with Gasteiger partial charge in [0.1, 0.15) is 22.9 Å². The molecule has 6 N–H and O–H groups in total. The van der Waals surface area contributed by atoms with Crippen LogP contribution in [-0.2, 0) is 20.1 Å². The number of nitrogens with zero attached hydrogens (tertiary/aromatic N) is 4. The SMILES string of the molecule is COc1nc(CSCCN)c(SC2=C(C(=O)O)N3C(=O)[C@@H](NC(=O)C(N=O)c4cccc(N)n4)[C@@H]3SC2)s1. The Morgan fingerprint density at radius 3 is 2.84 bits per heavy atom. The molecule has 0 bridgehead atoms. The largest absolute Gasteiger partial charge is 0.477 e. The molecule has 38 heavy (non-hydrogen) atoms. The van der Waals surface area contributed by atoms with E-state index in [1.165, 1.54) is 60.2 Å². The molecule has 17 heteroatoms. The maximum absolute atomic E-state index is 13.0. The maximum Gasteiger partial charge on any atom is 0.353 e. The van der Waals surface area contributed by atoms with Crippen molar-refractivity contribution in [1.82, 2.24) is 20.2 Å². The molecule has 0 aliphatic carbocycles. The van der Waals surface area contributed by atoms with Gasteiger partial charge >= 0.3 is 5.97 Å². The number of carboxylic acids is 1. The Bertz CT molecular complexity index is 1290. The molecule has 0 radical (unpaired) electrons. The van der Waals surface area contributed by atoms with Gasteiger partial charge in [-0.15, -0.1) is 16.7 Å². The zero-order chi connectivity index (χ0) is 27.4. The van der Waals surface area contributed by atoms with E-state index in [2.05, 4.69) is 20.5 Å². The summed E-state index contributed by atoms with van der Waals surface area (Å²) in [7, 11) is 1.51. The van der Waals surface area contributed by atoms with Crippen LogP contribution in [-0.4, -0.2) is 74.3 Å². The van der Waals surface area contributed by atoms with E-state index in [0.717, 1.165) is 20.6 Å². The first-order valence-corrected chi connectivity index (χ1v) is 14.9. The first-order valence-electron chi connectivity index (χ1n) is 11.0. The highest BCUT2D eigenvalue weighted by Crippen LogP contribution is 2.48. The van der Waals surface area contributed by atoms with Gasteiger partial charge in [-0.25, -0.2) is 14.8 Å². The van der Waals surface area contributed by atoms with Crippen molar-refractivity contribution < 1.29 is 24.2 Å². The lowest BCUT2D eigenvalue weighted by atomic mass is 10.0. The minimum atomic E-state index is -1.51. The van der Waals surface area contributed by atoms with E-state index in [1.54, 1.807) is 11.8 Å². The minimum absolute atomic E-state index is 0.0441. The van der Waals surface area contributed by atoms with Crippen molar-refractivity contribution in [1.29, 1.82) is 0 Å². The topological polar surface area (TPSA) is 203 Å². The van der Waals surface area contributed by atoms with Crippen LogP contribution in [0.4, 0.5) is 5.82 Å². The summed E-state index contributed by atoms with van der Waals surface area (Å²) in [5.41, 5.74) is 11.9. The van der Waals surface area contributed by atoms with E-state index in [9.17, 15) is 24.4 Å². The predicted molar refractivity (Wildman–Crippen MR) is 147 cm³/mol. The predicted octanol–water partition coefficient (Wildman–Crippen LogP) is 1.62. The van der Waals surface area contributed by atoms with Gasteiger partial charge in [-0.1, -0.05) is 29.2 Å². The van der Waals surface area contributed by atoms with E-state index >= 15 is 0 Å². The number of pyridine rings is 1. The molecular weight excluding hydrogens is 575 g/mol. The van der Waals surface area contributed by atoms with Gasteiger partial charge in [0.25, 0.3) is 17.0 Å². The number of anilines is 1. The highest BCUT2D eigenvalue weighted by Gasteiger charge is 2.55. The molecule has 4 rings (SSSR count). The zero-order valence-corrected chi connectivity index (χ0v) is 23.1. The number of ether oxygens (including phenoxy) is 1. The normalized spacial score (nSPS) is 19.4. The maximum atomic E-state index is 13.0. The molecule has 2 amide bonds. The fraction of sp³-hybridized carbons (Fsp3) is 0.381. The number of nitrogens with one attached hydrogen (secondary N) is 1. The zero-order valence-electron chi connectivity index (χ0n) is 19.9. The van der Waals surface area contributed by atoms with Gasteiger partial charge in [0, 0.05) is 28.7 Å². The average molecular weight is 598 g/mol. The second kappa shape index (κ2) is 12.3. The molecular formula is C21H23N7O6S4. The molecule has 1 fully saturated rings. The van der Waals surface area contributed by atoms with Crippen LogP contribution in [0.2, 0.25) is 0 Å². The molecule has 2 aromatic rings. The lowest BCUT2D eigenvalue weighted by Crippen LogP contribution is -2.70. The Balaban J connectivity index is 1.52. The number of aromatic nitrogens is 2. The van der Waals surface area contributed by atoms with Crippen LogP contribution in [0.1, 0.15) is 17.4 Å². The van der Waals surface area contributed by atoms with Crippen molar-refractivity contribution in [3.05, 3.63) is 45.1 Å². The number of carboxylic acid groups (broad SMARTS) is 1. The summed E-state index contributed by atoms with van der Waals surface area (Å²) in [6.07, 6.45) is 0. The summed E-state index contributed by atoms with van der Waals surface area (Å²) in [6.45, 7) is 0.523. The van der Waals surface area contributed by atoms with Crippen LogP contribution in [0, 0.1) is 4.91 Å². The number of carbonyl (C=O) groups excluding carboxylic acids is 2. The van der Waals surface area contributed by atoms with E-state index in [1.807, 2.05) is 0 Å². The first kappa shape index (κ1) is 28.2. The molecule has 1 unspecified atom stereocenters. The number of aliphatic carboxylic acids is 1. The fourth-order valence-corrected chi connectivity index (χ4v) is 8.29. The molecule has 0 saturated carbocycles. The molecule has 2 aliphatic rings. The molecule has 2 aromatic heterocycles. The minimum Gasteiger partial charge on any atom is -0.477 e. The molecule has 4 heterocycles. The molecule has 0 aromatic carbocycles. The summed E-state index contributed by atoms with van der Waals surface area (Å²) >= 11 is 5.44. The third-order valence-electron chi connectivity index (χ3n) is 5.39. The highest BCUT2D eigenvalue weighted by molar-refractivity contribution is 8.07. The smallest absolute Gasteiger partial charge is 0.353 e. The standard InChI is InChI=1S/C21H23N7O6S4/c1-34-21-25-10(7-35-6-5-22)20(38-21)37-11-8-36-18-14(17(30)28(18)15(11)19(31)32)26-16(29)13(27-33)9-3-2-4-12(23)24-9/h2-4,13-14,18H,5-8,22H2,1H3,(H2,23,24)(H,26,29)(H,31,32)/t13?,14-,18+/m1/s1. The Morgan fingerprint density at radius 1 is 1.39 bits per heavy atom. The quantitative estimate of drug-likeness (QED) is 0.156. The second-order valence-electron chi connectivity index (χ2n) is 7.83. The van der Waals surface area contributed by atoms with Crippen LogP contribution in [0.25, 0.3) is 0 Å². The van der Waals surface area contributed by atoms with Crippen molar-refractivity contribution in [3.63, 3.8) is 0 Å². The number of hydrogen-bond acceptors (Lipinski definition) is 14. The third-order valence-corrected chi connectivity index (χ3v) is 10.2. The number of rotatable bonds is 12. The summed E-state index contributed by atoms with van der Waals surface area (Å²) in [5.74, 6) is -0.967. The van der Waals surface area contributed by atoms with E-state index < -0.39 is 35.2 Å². The number of β-lactam (4-membered cyclic amide) rings is 1. The van der Waals surface area contributed by atoms with Crippen molar-refractivity contribution in [2.45, 2.75) is 27.4 Å². The second-order valence-corrected chi connectivity index (χ2v) is 12.4. The van der Waals surface area contributed by atoms with Crippen molar-refractivity contribution >= 4 is 70.2 Å². The Morgan fingerprint density at radius 2 is 2.18 bits per heavy atom. The first-order chi connectivity index (χ1) is 18.3. The van der Waals surface area contributed by atoms with Crippen LogP contribution >= 0.6 is 46.6 Å². The summed E-state index contributed by atoms with van der Waals surface area (Å²) in [4.78, 5) is 59.5. The van der Waals surface area contributed by atoms with Gasteiger partial charge in [-0.2, -0.15) is 11.8 Å². The summed E-state index contributed by atoms with van der Waals surface area (Å²) in [5, 5.41) is 15.2. The lowest BCUT2D eigenvalue weighted by molar-refractivity contribution is -0.150. The van der Waals surface area contributed by atoms with Crippen molar-refractivity contribution in [3.8, 4) is 5.19 Å². The molecule has 1 saturated heterocycles. The molecule has 13 nitrogen and oxygen atoms in total. The average Bonchev–Trinajstić information content (AvgIpc) is 3.29. The van der Waals surface area contributed by atoms with Crippen molar-refractivity contribution in [2.75, 3.05) is 30.9 Å². The molecule has 202 valence electrons. The van der Waals surface area contributed by atoms with E-state index in [0.29, 0.717) is 22.4 Å². The van der Waals surface area contributed by atoms with Crippen molar-refractivity contribution in [2.24, 2.45) is 10.9 Å². The number of amides is 2. The van der Waals surface area contributed by atoms with Crippen LogP contribution < -0.4 is 21.5 Å². The number of nitrogen functional groups attached to an aromatic ring is 1. The number of thiazole rings is 1. The van der Waals surface area contributed by atoms with Gasteiger partial charge < -0.3 is 26.6 Å². The summed E-state index contributed by atoms with van der Waals surface area (Å²) in [6, 6.07) is 1.92. The Hall–Kier alpha value is -2.86. The number of nitrogens with two attached hydrogens (primary N) is 2. The molecule has 2 aliphatic heterocycles. The number of thioether (sulfide) groups is 3. The number of methoxy groups -OCH3 is 1. The van der Waals surface area contributed by atoms with Crippen LogP contribution in [0.3, 0.4) is 0 Å². The van der Waals surface area contributed by atoms with Gasteiger partial charge in [0.15, 0.2) is 0 Å². The van der Waals surface area contributed by atoms with Gasteiger partial charge in [-0.05, 0) is 17.3 Å². The Kier molecular flexibility index (Phi) is 9.14. The fourth-order valence-electron chi connectivity index (χ4n) is 3.70. The van der Waals surface area contributed by atoms with E-state index in [4.69, 9.17) is 16.2 Å². The third kappa shape index (κ3) is 5.75. The van der Waals surface area contributed by atoms with Gasteiger partial charge in [-0.3, -0.25) is 14.5 Å². The van der Waals surface area contributed by atoms with E-state index in [-0.39, 0.29) is 23.0 Å². The number of nitroso groups, excluding NO2 is 1. The lowest BCUT2D eigenvalue weighted by Gasteiger charge is -2.49. The van der Waals surface area contributed by atoms with Crippen LogP contribution in [0.5, 0.6) is 5.19 Å². The number of hydrogen-bond donors (Lipinski definition) is 4. The molecule has 0 spiro atoms.